The molecular weight excluding hydrogens is 384 g/mol. The third kappa shape index (κ3) is 3.75. The fourth-order valence-electron chi connectivity index (χ4n) is 3.26. The molecule has 4 rings (SSSR count). The molecule has 1 aliphatic rings. The lowest BCUT2D eigenvalue weighted by Crippen LogP contribution is -2.41. The predicted molar refractivity (Wildman–Crippen MR) is 109 cm³/mol. The van der Waals surface area contributed by atoms with Gasteiger partial charge in [0.25, 0.3) is 17.4 Å². The van der Waals surface area contributed by atoms with E-state index in [0.717, 1.165) is 10.5 Å². The van der Waals surface area contributed by atoms with Crippen LogP contribution in [0.15, 0.2) is 71.8 Å². The van der Waals surface area contributed by atoms with Crippen LogP contribution in [0.1, 0.15) is 20.7 Å². The summed E-state index contributed by atoms with van der Waals surface area (Å²) in [6.07, 6.45) is 1.43. The van der Waals surface area contributed by atoms with Crippen molar-refractivity contribution in [2.75, 3.05) is 13.1 Å². The molecule has 0 saturated carbocycles. The zero-order valence-corrected chi connectivity index (χ0v) is 15.9. The second-order valence-electron chi connectivity index (χ2n) is 6.76. The molecular formula is C22H18N4O4. The van der Waals surface area contributed by atoms with Crippen LogP contribution in [0.4, 0.5) is 0 Å². The normalized spacial score (nSPS) is 12.7. The lowest BCUT2D eigenvalue weighted by Gasteiger charge is -2.14. The van der Waals surface area contributed by atoms with Crippen LogP contribution in [0.2, 0.25) is 0 Å². The Hall–Kier alpha value is -4.07. The van der Waals surface area contributed by atoms with Crippen LogP contribution in [0.3, 0.4) is 0 Å². The van der Waals surface area contributed by atoms with Crippen molar-refractivity contribution in [3.05, 3.63) is 88.5 Å². The highest BCUT2D eigenvalue weighted by atomic mass is 16.2. The van der Waals surface area contributed by atoms with E-state index in [1.807, 2.05) is 30.3 Å². The van der Waals surface area contributed by atoms with E-state index in [1.165, 1.54) is 17.0 Å². The van der Waals surface area contributed by atoms with Crippen LogP contribution in [-0.4, -0.2) is 45.3 Å². The summed E-state index contributed by atoms with van der Waals surface area (Å²) in [5, 5.41) is 2.63. The molecule has 1 aliphatic heterocycles. The summed E-state index contributed by atoms with van der Waals surface area (Å²) in [5.74, 6) is -1.45. The van der Waals surface area contributed by atoms with Gasteiger partial charge in [-0.05, 0) is 12.1 Å². The number of imide groups is 1. The number of carbonyl (C=O) groups excluding carboxylic acids is 3. The topological polar surface area (TPSA) is 101 Å². The Kier molecular flexibility index (Phi) is 5.21. The second-order valence-corrected chi connectivity index (χ2v) is 6.76. The van der Waals surface area contributed by atoms with E-state index in [-0.39, 0.29) is 25.2 Å². The Balaban J connectivity index is 1.33. The average Bonchev–Trinajstić information content (AvgIpc) is 3.00. The first-order valence-electron chi connectivity index (χ1n) is 9.38. The van der Waals surface area contributed by atoms with Gasteiger partial charge in [-0.2, -0.15) is 0 Å². The van der Waals surface area contributed by atoms with Crippen LogP contribution in [0, 0.1) is 0 Å². The molecule has 0 spiro atoms. The van der Waals surface area contributed by atoms with Gasteiger partial charge in [-0.15, -0.1) is 0 Å². The number of aromatic nitrogens is 2. The maximum absolute atomic E-state index is 12.3. The van der Waals surface area contributed by atoms with Gasteiger partial charge in [-0.25, -0.2) is 4.98 Å². The highest BCUT2D eigenvalue weighted by Crippen LogP contribution is 2.21. The van der Waals surface area contributed by atoms with Crippen molar-refractivity contribution in [1.82, 2.24) is 19.8 Å². The van der Waals surface area contributed by atoms with Gasteiger partial charge in [0.1, 0.15) is 6.54 Å². The number of hydrogen-bond acceptors (Lipinski definition) is 5. The molecule has 3 amide bonds. The van der Waals surface area contributed by atoms with Crippen molar-refractivity contribution in [3.8, 4) is 11.3 Å². The van der Waals surface area contributed by atoms with Crippen molar-refractivity contribution >= 4 is 17.7 Å². The average molecular weight is 402 g/mol. The highest BCUT2D eigenvalue weighted by Gasteiger charge is 2.36. The van der Waals surface area contributed by atoms with E-state index in [1.54, 1.807) is 24.3 Å². The van der Waals surface area contributed by atoms with E-state index < -0.39 is 17.7 Å². The van der Waals surface area contributed by atoms with Crippen molar-refractivity contribution in [2.45, 2.75) is 6.54 Å². The summed E-state index contributed by atoms with van der Waals surface area (Å²) in [4.78, 5) is 54.3. The second kappa shape index (κ2) is 8.12. The van der Waals surface area contributed by atoms with Gasteiger partial charge >= 0.3 is 0 Å². The molecule has 0 bridgehead atoms. The fourth-order valence-corrected chi connectivity index (χ4v) is 3.26. The van der Waals surface area contributed by atoms with Crippen molar-refractivity contribution in [3.63, 3.8) is 0 Å². The van der Waals surface area contributed by atoms with Gasteiger partial charge in [0.05, 0.1) is 23.1 Å². The highest BCUT2D eigenvalue weighted by molar-refractivity contribution is 6.22. The van der Waals surface area contributed by atoms with Gasteiger partial charge in [-0.1, -0.05) is 42.5 Å². The Morgan fingerprint density at radius 1 is 0.900 bits per heavy atom. The molecule has 1 N–H and O–H groups in total. The first kappa shape index (κ1) is 19.3. The number of fused-ring (bicyclic) bond motifs is 1. The van der Waals surface area contributed by atoms with Crippen molar-refractivity contribution in [2.24, 2.45) is 0 Å². The molecule has 2 heterocycles. The molecule has 0 saturated heterocycles. The van der Waals surface area contributed by atoms with Crippen LogP contribution >= 0.6 is 0 Å². The van der Waals surface area contributed by atoms with Gasteiger partial charge in [0.2, 0.25) is 5.91 Å². The molecule has 1 aromatic heterocycles. The standard InChI is InChI=1S/C22H18N4O4/c27-19(13-26-21(29)16-8-4-5-9-17(16)22(26)30)23-10-11-25-14-24-18(12-20(25)28)15-6-2-1-3-7-15/h1-9,12,14H,10-11,13H2,(H,23,27). The first-order chi connectivity index (χ1) is 14.5. The summed E-state index contributed by atoms with van der Waals surface area (Å²) in [5.41, 5.74) is 1.78. The monoisotopic (exact) mass is 402 g/mol. The number of nitrogens with one attached hydrogen (secondary N) is 1. The summed E-state index contributed by atoms with van der Waals surface area (Å²) in [6.45, 7) is 0.00940. The number of benzene rings is 2. The Bertz CT molecular complexity index is 1150. The SMILES string of the molecule is O=C(CN1C(=O)c2ccccc2C1=O)NCCn1cnc(-c2ccccc2)cc1=O. The van der Waals surface area contributed by atoms with Gasteiger partial charge in [0, 0.05) is 24.7 Å². The van der Waals surface area contributed by atoms with Crippen LogP contribution in [0.25, 0.3) is 11.3 Å². The molecule has 3 aromatic rings. The molecule has 0 fully saturated rings. The number of hydrogen-bond donors (Lipinski definition) is 1. The van der Waals surface area contributed by atoms with E-state index in [0.29, 0.717) is 16.8 Å². The maximum atomic E-state index is 12.3. The summed E-state index contributed by atoms with van der Waals surface area (Å²) >= 11 is 0. The van der Waals surface area contributed by atoms with Gasteiger partial charge < -0.3 is 5.32 Å². The largest absolute Gasteiger partial charge is 0.353 e. The zero-order valence-electron chi connectivity index (χ0n) is 15.9. The number of amides is 3. The van der Waals surface area contributed by atoms with Crippen LogP contribution in [0.5, 0.6) is 0 Å². The van der Waals surface area contributed by atoms with E-state index in [2.05, 4.69) is 10.3 Å². The van der Waals surface area contributed by atoms with Crippen LogP contribution in [-0.2, 0) is 11.3 Å². The minimum Gasteiger partial charge on any atom is -0.353 e. The lowest BCUT2D eigenvalue weighted by molar-refractivity contribution is -0.121. The predicted octanol–water partition coefficient (Wildman–Crippen LogP) is 1.32. The summed E-state index contributed by atoms with van der Waals surface area (Å²) in [6, 6.07) is 17.3. The van der Waals surface area contributed by atoms with E-state index in [4.69, 9.17) is 0 Å². The molecule has 2 aromatic carbocycles. The number of carbonyl (C=O) groups is 3. The number of rotatable bonds is 6. The molecule has 0 unspecified atom stereocenters. The lowest BCUT2D eigenvalue weighted by atomic mass is 10.1. The van der Waals surface area contributed by atoms with Gasteiger partial charge in [0.15, 0.2) is 0 Å². The molecule has 30 heavy (non-hydrogen) atoms. The molecule has 0 radical (unpaired) electrons. The quantitative estimate of drug-likeness (QED) is 0.627. The van der Waals surface area contributed by atoms with Crippen molar-refractivity contribution < 1.29 is 14.4 Å². The zero-order chi connectivity index (χ0) is 21.1. The van der Waals surface area contributed by atoms with Crippen molar-refractivity contribution in [1.29, 1.82) is 0 Å². The Morgan fingerprint density at radius 2 is 1.53 bits per heavy atom. The van der Waals surface area contributed by atoms with Crippen LogP contribution < -0.4 is 10.9 Å². The third-order valence-electron chi connectivity index (χ3n) is 4.80. The molecule has 8 nitrogen and oxygen atoms in total. The molecule has 8 heteroatoms. The minimum absolute atomic E-state index is 0.161. The third-order valence-corrected chi connectivity index (χ3v) is 4.80. The maximum Gasteiger partial charge on any atom is 0.262 e. The molecule has 150 valence electrons. The van der Waals surface area contributed by atoms with Gasteiger partial charge in [-0.3, -0.25) is 28.6 Å². The smallest absolute Gasteiger partial charge is 0.262 e. The Labute approximate surface area is 171 Å². The summed E-state index contributed by atoms with van der Waals surface area (Å²) < 4.78 is 1.38. The van der Waals surface area contributed by atoms with E-state index >= 15 is 0 Å². The van der Waals surface area contributed by atoms with E-state index in [9.17, 15) is 19.2 Å². The Morgan fingerprint density at radius 3 is 2.17 bits per heavy atom. The fraction of sp³-hybridized carbons (Fsp3) is 0.136. The minimum atomic E-state index is -0.484. The molecule has 0 aliphatic carbocycles. The summed E-state index contributed by atoms with van der Waals surface area (Å²) in [7, 11) is 0. The first-order valence-corrected chi connectivity index (χ1v) is 9.38. The molecule has 0 atom stereocenters. The number of nitrogens with zero attached hydrogens (tertiary/aromatic N) is 3.